The fourth-order valence-electron chi connectivity index (χ4n) is 6.07. The van der Waals surface area contributed by atoms with Gasteiger partial charge in [-0.25, -0.2) is 14.6 Å². The summed E-state index contributed by atoms with van der Waals surface area (Å²) in [4.78, 5) is 45.2. The van der Waals surface area contributed by atoms with Gasteiger partial charge in [-0.15, -0.1) is 0 Å². The first-order valence-corrected chi connectivity index (χ1v) is 16.3. The lowest BCUT2D eigenvalue weighted by atomic mass is 9.91. The van der Waals surface area contributed by atoms with Crippen molar-refractivity contribution in [1.82, 2.24) is 9.13 Å². The summed E-state index contributed by atoms with van der Waals surface area (Å²) in [5.41, 5.74) is 6.69. The molecule has 1 aliphatic heterocycles. The predicted molar refractivity (Wildman–Crippen MR) is 184 cm³/mol. The quantitative estimate of drug-likeness (QED) is 0.204. The maximum absolute atomic E-state index is 14.4. The molecule has 3 heterocycles. The zero-order valence-corrected chi connectivity index (χ0v) is 27.7. The van der Waals surface area contributed by atoms with E-state index in [0.717, 1.165) is 39.3 Å². The Morgan fingerprint density at radius 3 is 2.38 bits per heavy atom. The van der Waals surface area contributed by atoms with Crippen molar-refractivity contribution in [2.24, 2.45) is 4.99 Å². The lowest BCUT2D eigenvalue weighted by Gasteiger charge is -2.26. The van der Waals surface area contributed by atoms with Crippen molar-refractivity contribution in [2.75, 3.05) is 6.61 Å². The number of fused-ring (bicyclic) bond motifs is 1. The summed E-state index contributed by atoms with van der Waals surface area (Å²) in [6, 6.07) is 25.5. The van der Waals surface area contributed by atoms with Crippen LogP contribution in [-0.4, -0.2) is 32.8 Å². The normalized spacial score (nSPS) is 14.7. The number of benzene rings is 3. The van der Waals surface area contributed by atoms with E-state index in [2.05, 4.69) is 13.8 Å². The number of nitrogens with zero attached hydrogens (tertiary/aromatic N) is 3. The van der Waals surface area contributed by atoms with E-state index >= 15 is 0 Å². The van der Waals surface area contributed by atoms with Crippen LogP contribution in [0.4, 0.5) is 0 Å². The van der Waals surface area contributed by atoms with Gasteiger partial charge in [-0.3, -0.25) is 9.36 Å². The summed E-state index contributed by atoms with van der Waals surface area (Å²) in [6.07, 6.45) is 1.85. The fourth-order valence-corrected chi connectivity index (χ4v) is 7.06. The first-order chi connectivity index (χ1) is 22.6. The van der Waals surface area contributed by atoms with Gasteiger partial charge in [0.05, 0.1) is 34.0 Å². The second kappa shape index (κ2) is 12.8. The van der Waals surface area contributed by atoms with E-state index in [1.807, 2.05) is 91.2 Å². The van der Waals surface area contributed by atoms with Gasteiger partial charge in [0, 0.05) is 22.6 Å². The number of ether oxygens (including phenoxy) is 1. The van der Waals surface area contributed by atoms with Gasteiger partial charge < -0.3 is 14.4 Å². The molecule has 6 rings (SSSR count). The number of hydrogen-bond acceptors (Lipinski definition) is 6. The molecule has 1 aliphatic rings. The van der Waals surface area contributed by atoms with E-state index in [1.54, 1.807) is 29.7 Å². The van der Waals surface area contributed by atoms with Crippen molar-refractivity contribution in [1.29, 1.82) is 0 Å². The molecule has 238 valence electrons. The third-order valence-corrected chi connectivity index (χ3v) is 9.38. The van der Waals surface area contributed by atoms with Gasteiger partial charge in [0.1, 0.15) is 0 Å². The maximum atomic E-state index is 14.4. The smallest absolute Gasteiger partial charge is 0.338 e. The van der Waals surface area contributed by atoms with Crippen molar-refractivity contribution in [3.63, 3.8) is 0 Å². The Hall–Kier alpha value is -5.28. The monoisotopic (exact) mass is 645 g/mol. The van der Waals surface area contributed by atoms with E-state index in [1.165, 1.54) is 11.3 Å². The molecule has 0 aliphatic carbocycles. The number of rotatable bonds is 8. The molecule has 0 spiro atoms. The van der Waals surface area contributed by atoms with Gasteiger partial charge in [-0.2, -0.15) is 0 Å². The van der Waals surface area contributed by atoms with E-state index < -0.39 is 18.0 Å². The molecule has 0 bridgehead atoms. The molecule has 8 nitrogen and oxygen atoms in total. The van der Waals surface area contributed by atoms with E-state index in [9.17, 15) is 19.5 Å². The van der Waals surface area contributed by atoms with Crippen molar-refractivity contribution < 1.29 is 19.4 Å². The van der Waals surface area contributed by atoms with Gasteiger partial charge >= 0.3 is 11.9 Å². The second-order valence-electron chi connectivity index (χ2n) is 11.8. The third kappa shape index (κ3) is 5.90. The van der Waals surface area contributed by atoms with Crippen LogP contribution in [0.2, 0.25) is 0 Å². The van der Waals surface area contributed by atoms with Crippen LogP contribution >= 0.6 is 11.3 Å². The van der Waals surface area contributed by atoms with Gasteiger partial charge in [-0.1, -0.05) is 85.8 Å². The highest BCUT2D eigenvalue weighted by atomic mass is 32.1. The average Bonchev–Trinajstić information content (AvgIpc) is 3.53. The number of hydrogen-bond donors (Lipinski definition) is 1. The molecular formula is C38H35N3O5S. The van der Waals surface area contributed by atoms with Crippen LogP contribution in [0.1, 0.15) is 76.7 Å². The van der Waals surface area contributed by atoms with Gasteiger partial charge in [0.2, 0.25) is 0 Å². The number of esters is 1. The largest absolute Gasteiger partial charge is 0.478 e. The van der Waals surface area contributed by atoms with Crippen molar-refractivity contribution in [3.8, 4) is 5.69 Å². The molecule has 2 aromatic heterocycles. The first kappa shape index (κ1) is 31.7. The molecule has 0 saturated heterocycles. The van der Waals surface area contributed by atoms with Crippen LogP contribution in [0.25, 0.3) is 17.5 Å². The molecule has 0 unspecified atom stereocenters. The first-order valence-electron chi connectivity index (χ1n) is 15.5. The highest BCUT2D eigenvalue weighted by molar-refractivity contribution is 7.07. The molecule has 47 heavy (non-hydrogen) atoms. The van der Waals surface area contributed by atoms with Crippen molar-refractivity contribution in [3.05, 3.63) is 149 Å². The SMILES string of the molecule is CCOC(=O)C1=C(c2ccccc2)N=c2s/c(=C\c3cc(C)n(-c4cccc(C(=O)O)c4)c3C)c(=O)n2[C@@H]1c1ccc(C(C)C)cc1. The second-order valence-corrected chi connectivity index (χ2v) is 12.8. The van der Waals surface area contributed by atoms with Gasteiger partial charge in [0.15, 0.2) is 4.80 Å². The summed E-state index contributed by atoms with van der Waals surface area (Å²) in [6.45, 7) is 10.1. The Morgan fingerprint density at radius 2 is 1.72 bits per heavy atom. The van der Waals surface area contributed by atoms with Gasteiger partial charge in [0.25, 0.3) is 5.56 Å². The van der Waals surface area contributed by atoms with E-state index in [-0.39, 0.29) is 17.7 Å². The lowest BCUT2D eigenvalue weighted by Crippen LogP contribution is -2.40. The molecule has 1 N–H and O–H groups in total. The van der Waals surface area contributed by atoms with Crippen LogP contribution in [-0.2, 0) is 9.53 Å². The van der Waals surface area contributed by atoms with Crippen LogP contribution in [0, 0.1) is 13.8 Å². The van der Waals surface area contributed by atoms with Crippen LogP contribution in [0.3, 0.4) is 0 Å². The summed E-state index contributed by atoms with van der Waals surface area (Å²) < 4.78 is 9.63. The Kier molecular flexibility index (Phi) is 8.66. The summed E-state index contributed by atoms with van der Waals surface area (Å²) in [7, 11) is 0. The van der Waals surface area contributed by atoms with E-state index in [0.29, 0.717) is 26.5 Å². The number of carboxylic acids is 1. The number of aryl methyl sites for hydroxylation is 1. The number of carboxylic acid groups (broad SMARTS) is 1. The third-order valence-electron chi connectivity index (χ3n) is 8.40. The molecule has 9 heteroatoms. The standard InChI is InChI=1S/C38H35N3O5S/c1-6-46-37(45)32-33(26-11-8-7-9-12-26)39-38-41(34(32)27-17-15-25(16-18-27)22(2)3)35(42)31(47-38)21-29-19-23(4)40(24(29)5)30-14-10-13-28(20-30)36(43)44/h7-22,34H,6H2,1-5H3,(H,43,44)/b31-21-/t34-/m1/s1. The highest BCUT2D eigenvalue weighted by Crippen LogP contribution is 2.35. The Morgan fingerprint density at radius 1 is 1.00 bits per heavy atom. The lowest BCUT2D eigenvalue weighted by molar-refractivity contribution is -0.138. The summed E-state index contributed by atoms with van der Waals surface area (Å²) >= 11 is 1.27. The van der Waals surface area contributed by atoms with Crippen LogP contribution in [0.5, 0.6) is 0 Å². The molecule has 3 aromatic carbocycles. The molecule has 0 amide bonds. The zero-order chi connectivity index (χ0) is 33.4. The summed E-state index contributed by atoms with van der Waals surface area (Å²) in [5.74, 6) is -1.20. The van der Waals surface area contributed by atoms with Crippen LogP contribution < -0.4 is 14.9 Å². The van der Waals surface area contributed by atoms with Crippen molar-refractivity contribution >= 4 is 35.0 Å². The minimum Gasteiger partial charge on any atom is -0.478 e. The van der Waals surface area contributed by atoms with Crippen LogP contribution in [0.15, 0.2) is 100 Å². The van der Waals surface area contributed by atoms with E-state index in [4.69, 9.17) is 9.73 Å². The number of aromatic nitrogens is 2. The molecule has 0 saturated carbocycles. The number of carbonyl (C=O) groups is 2. The molecule has 0 radical (unpaired) electrons. The predicted octanol–water partition coefficient (Wildman–Crippen LogP) is 6.16. The van der Waals surface area contributed by atoms with Crippen molar-refractivity contribution in [2.45, 2.75) is 46.6 Å². The van der Waals surface area contributed by atoms with Gasteiger partial charge in [-0.05, 0) is 73.7 Å². The Bertz CT molecular complexity index is 2220. The summed E-state index contributed by atoms with van der Waals surface area (Å²) in [5, 5.41) is 9.53. The molecular weight excluding hydrogens is 611 g/mol. The highest BCUT2D eigenvalue weighted by Gasteiger charge is 2.35. The number of thiazole rings is 1. The zero-order valence-electron chi connectivity index (χ0n) is 26.9. The number of aromatic carboxylic acids is 1. The molecule has 0 fully saturated rings. The number of carbonyl (C=O) groups excluding carboxylic acids is 1. The minimum absolute atomic E-state index is 0.179. The molecule has 1 atom stereocenters. The maximum Gasteiger partial charge on any atom is 0.338 e. The average molecular weight is 646 g/mol. The molecule has 5 aromatic rings. The topological polar surface area (TPSA) is 103 Å². The Labute approximate surface area is 276 Å². The minimum atomic E-state index is -0.999. The fraction of sp³-hybridized carbons (Fsp3) is 0.211. The Balaban J connectivity index is 1.58.